The van der Waals surface area contributed by atoms with E-state index in [1.54, 1.807) is 24.3 Å². The van der Waals surface area contributed by atoms with Crippen LogP contribution in [0.25, 0.3) is 11.3 Å². The molecule has 0 saturated carbocycles. The summed E-state index contributed by atoms with van der Waals surface area (Å²) in [5.41, 5.74) is 1.38. The van der Waals surface area contributed by atoms with Gasteiger partial charge >= 0.3 is 0 Å². The molecule has 2 aromatic carbocycles. The summed E-state index contributed by atoms with van der Waals surface area (Å²) in [4.78, 5) is 10.9. The van der Waals surface area contributed by atoms with Crippen LogP contribution in [0.3, 0.4) is 0 Å². The zero-order valence-corrected chi connectivity index (χ0v) is 17.1. The average molecular weight is 429 g/mol. The fraction of sp³-hybridized carbons (Fsp3) is 0.273. The normalized spacial score (nSPS) is 14.2. The number of nitrogens with one attached hydrogen (secondary N) is 1. The predicted molar refractivity (Wildman–Crippen MR) is 113 cm³/mol. The van der Waals surface area contributed by atoms with Gasteiger partial charge in [-0.2, -0.15) is 0 Å². The summed E-state index contributed by atoms with van der Waals surface area (Å²) >= 11 is 5.89. The minimum Gasteiger partial charge on any atom is -0.490 e. The van der Waals surface area contributed by atoms with Gasteiger partial charge in [0.1, 0.15) is 11.5 Å². The Balaban J connectivity index is 1.45. The third-order valence-electron chi connectivity index (χ3n) is 4.94. The molecule has 1 aliphatic rings. The van der Waals surface area contributed by atoms with Crippen LogP contribution in [0.2, 0.25) is 5.02 Å². The van der Waals surface area contributed by atoms with Crippen molar-refractivity contribution in [3.8, 4) is 22.8 Å². The SMILES string of the molecule is CC(NCc1ccc(-c2ccc(Cl)cc2[N+](=O)[O-])o1)c1ccc2c(c1)OCCCO2. The first-order valence-corrected chi connectivity index (χ1v) is 10.0. The van der Waals surface area contributed by atoms with Gasteiger partial charge in [-0.05, 0) is 48.9 Å². The molecule has 0 fully saturated rings. The molecular formula is C22H21ClN2O5. The fourth-order valence-electron chi connectivity index (χ4n) is 3.30. The number of nitro groups is 1. The molecule has 2 heterocycles. The van der Waals surface area contributed by atoms with E-state index >= 15 is 0 Å². The number of hydrogen-bond donors (Lipinski definition) is 1. The Morgan fingerprint density at radius 3 is 2.70 bits per heavy atom. The van der Waals surface area contributed by atoms with Crippen LogP contribution < -0.4 is 14.8 Å². The number of halogens is 1. The molecule has 7 nitrogen and oxygen atoms in total. The second kappa shape index (κ2) is 8.77. The first kappa shape index (κ1) is 20.3. The molecule has 8 heteroatoms. The molecule has 0 amide bonds. The largest absolute Gasteiger partial charge is 0.490 e. The van der Waals surface area contributed by atoms with Crippen molar-refractivity contribution in [1.82, 2.24) is 5.32 Å². The van der Waals surface area contributed by atoms with E-state index in [2.05, 4.69) is 5.32 Å². The third-order valence-corrected chi connectivity index (χ3v) is 5.17. The van der Waals surface area contributed by atoms with Crippen molar-refractivity contribution in [2.45, 2.75) is 25.9 Å². The number of fused-ring (bicyclic) bond motifs is 1. The zero-order chi connectivity index (χ0) is 21.1. The molecule has 0 bridgehead atoms. The zero-order valence-electron chi connectivity index (χ0n) is 16.4. The molecule has 0 spiro atoms. The maximum Gasteiger partial charge on any atom is 0.281 e. The van der Waals surface area contributed by atoms with E-state index < -0.39 is 4.92 Å². The maximum atomic E-state index is 11.3. The number of hydrogen-bond acceptors (Lipinski definition) is 6. The van der Waals surface area contributed by atoms with Gasteiger partial charge in [0.05, 0.1) is 30.2 Å². The summed E-state index contributed by atoms with van der Waals surface area (Å²) in [6.07, 6.45) is 0.866. The molecule has 4 rings (SSSR count). The van der Waals surface area contributed by atoms with E-state index in [1.165, 1.54) is 6.07 Å². The van der Waals surface area contributed by atoms with Crippen molar-refractivity contribution in [3.63, 3.8) is 0 Å². The first-order chi connectivity index (χ1) is 14.5. The Morgan fingerprint density at radius 2 is 1.90 bits per heavy atom. The molecule has 1 unspecified atom stereocenters. The first-order valence-electron chi connectivity index (χ1n) is 9.67. The van der Waals surface area contributed by atoms with Crippen LogP contribution in [0.5, 0.6) is 11.5 Å². The van der Waals surface area contributed by atoms with Crippen LogP contribution in [0.4, 0.5) is 5.69 Å². The van der Waals surface area contributed by atoms with E-state index in [4.69, 9.17) is 25.5 Å². The minimum absolute atomic E-state index is 0.0422. The van der Waals surface area contributed by atoms with E-state index in [0.29, 0.717) is 41.9 Å². The molecule has 30 heavy (non-hydrogen) atoms. The molecular weight excluding hydrogens is 408 g/mol. The average Bonchev–Trinajstić information content (AvgIpc) is 3.08. The highest BCUT2D eigenvalue weighted by atomic mass is 35.5. The van der Waals surface area contributed by atoms with Gasteiger partial charge in [0.25, 0.3) is 5.69 Å². The van der Waals surface area contributed by atoms with Gasteiger partial charge in [-0.25, -0.2) is 0 Å². The van der Waals surface area contributed by atoms with Crippen LogP contribution in [-0.2, 0) is 6.54 Å². The van der Waals surface area contributed by atoms with Crippen molar-refractivity contribution >= 4 is 17.3 Å². The Kier molecular flexibility index (Phi) is 5.92. The summed E-state index contributed by atoms with van der Waals surface area (Å²) < 4.78 is 17.3. The van der Waals surface area contributed by atoms with E-state index in [0.717, 1.165) is 23.5 Å². The van der Waals surface area contributed by atoms with Crippen LogP contribution in [0, 0.1) is 10.1 Å². The Morgan fingerprint density at radius 1 is 1.10 bits per heavy atom. The van der Waals surface area contributed by atoms with E-state index in [9.17, 15) is 10.1 Å². The maximum absolute atomic E-state index is 11.3. The van der Waals surface area contributed by atoms with Crippen molar-refractivity contribution < 1.29 is 18.8 Å². The van der Waals surface area contributed by atoms with Crippen LogP contribution >= 0.6 is 11.6 Å². The molecule has 1 N–H and O–H groups in total. The molecule has 0 aliphatic carbocycles. The van der Waals surface area contributed by atoms with Gasteiger partial charge in [0.15, 0.2) is 11.5 Å². The number of nitrogens with zero attached hydrogens (tertiary/aromatic N) is 1. The number of nitro benzene ring substituents is 1. The minimum atomic E-state index is -0.464. The van der Waals surface area contributed by atoms with Gasteiger partial charge in [-0.3, -0.25) is 10.1 Å². The van der Waals surface area contributed by atoms with Gasteiger partial charge < -0.3 is 19.2 Å². The monoisotopic (exact) mass is 428 g/mol. The quantitative estimate of drug-likeness (QED) is 0.411. The highest BCUT2D eigenvalue weighted by Crippen LogP contribution is 2.34. The van der Waals surface area contributed by atoms with Gasteiger partial charge in [-0.15, -0.1) is 0 Å². The number of furan rings is 1. The molecule has 3 aromatic rings. The van der Waals surface area contributed by atoms with Crippen LogP contribution in [0.15, 0.2) is 52.9 Å². The van der Waals surface area contributed by atoms with Gasteiger partial charge in [-0.1, -0.05) is 17.7 Å². The molecule has 0 radical (unpaired) electrons. The third kappa shape index (κ3) is 4.42. The molecule has 156 valence electrons. The second-order valence-electron chi connectivity index (χ2n) is 7.04. The summed E-state index contributed by atoms with van der Waals surface area (Å²) in [7, 11) is 0. The van der Waals surface area contributed by atoms with Crippen LogP contribution in [-0.4, -0.2) is 18.1 Å². The summed E-state index contributed by atoms with van der Waals surface area (Å²) in [6.45, 7) is 3.82. The highest BCUT2D eigenvalue weighted by Gasteiger charge is 2.19. The number of ether oxygens (including phenoxy) is 2. The fourth-order valence-corrected chi connectivity index (χ4v) is 3.47. The lowest BCUT2D eigenvalue weighted by atomic mass is 10.1. The van der Waals surface area contributed by atoms with E-state index in [1.807, 2.05) is 25.1 Å². The molecule has 0 saturated heterocycles. The Hall–Kier alpha value is -3.03. The van der Waals surface area contributed by atoms with Crippen molar-refractivity contribution in [2.24, 2.45) is 0 Å². The predicted octanol–water partition coefficient (Wildman–Crippen LogP) is 5.52. The van der Waals surface area contributed by atoms with Gasteiger partial charge in [0.2, 0.25) is 0 Å². The highest BCUT2D eigenvalue weighted by molar-refractivity contribution is 6.30. The number of benzene rings is 2. The Bertz CT molecular complexity index is 1070. The summed E-state index contributed by atoms with van der Waals surface area (Å²) in [5, 5.41) is 15.0. The smallest absolute Gasteiger partial charge is 0.281 e. The van der Waals surface area contributed by atoms with Crippen molar-refractivity contribution in [3.05, 3.63) is 75.0 Å². The standard InChI is InChI=1S/C22H21ClN2O5/c1-14(15-3-7-21-22(11-15)29-10-2-9-28-21)24-13-17-5-8-20(30-17)18-6-4-16(23)12-19(18)25(26)27/h3-8,11-12,14,24H,2,9-10,13H2,1H3. The molecule has 1 atom stereocenters. The topological polar surface area (TPSA) is 86.8 Å². The lowest BCUT2D eigenvalue weighted by Crippen LogP contribution is -2.17. The second-order valence-corrected chi connectivity index (χ2v) is 7.48. The van der Waals surface area contributed by atoms with Crippen molar-refractivity contribution in [2.75, 3.05) is 13.2 Å². The van der Waals surface area contributed by atoms with E-state index in [-0.39, 0.29) is 11.7 Å². The van der Waals surface area contributed by atoms with Gasteiger partial charge in [0, 0.05) is 23.6 Å². The van der Waals surface area contributed by atoms with Crippen LogP contribution in [0.1, 0.15) is 30.7 Å². The molecule has 1 aliphatic heterocycles. The summed E-state index contributed by atoms with van der Waals surface area (Å²) in [5.74, 6) is 2.63. The lowest BCUT2D eigenvalue weighted by Gasteiger charge is -2.16. The Labute approximate surface area is 178 Å². The molecule has 1 aromatic heterocycles. The van der Waals surface area contributed by atoms with Crippen molar-refractivity contribution in [1.29, 1.82) is 0 Å². The summed E-state index contributed by atoms with van der Waals surface area (Å²) in [6, 6.07) is 14.0. The number of rotatable bonds is 6. The lowest BCUT2D eigenvalue weighted by molar-refractivity contribution is -0.384.